The molecule has 0 spiro atoms. The Labute approximate surface area is 91.9 Å². The van der Waals surface area contributed by atoms with Gasteiger partial charge < -0.3 is 0 Å². The zero-order valence-electron chi connectivity index (χ0n) is 8.33. The second-order valence-electron chi connectivity index (χ2n) is 3.06. The molecule has 0 saturated carbocycles. The largest absolute Gasteiger partial charge is 0.277 e. The molecule has 0 saturated heterocycles. The van der Waals surface area contributed by atoms with E-state index < -0.39 is 0 Å². The van der Waals surface area contributed by atoms with Gasteiger partial charge in [0.05, 0.1) is 5.69 Å². The Bertz CT molecular complexity index is 436. The number of rotatable bonds is 3. The van der Waals surface area contributed by atoms with Crippen molar-refractivity contribution in [2.45, 2.75) is 11.9 Å². The van der Waals surface area contributed by atoms with Crippen molar-refractivity contribution in [3.8, 4) is 11.3 Å². The van der Waals surface area contributed by atoms with Crippen LogP contribution in [0.25, 0.3) is 11.3 Å². The molecule has 1 heterocycles. The van der Waals surface area contributed by atoms with Gasteiger partial charge in [-0.05, 0) is 41.6 Å². The lowest BCUT2D eigenvalue weighted by Gasteiger charge is -1.95. The summed E-state index contributed by atoms with van der Waals surface area (Å²) in [6, 6.07) is 8.35. The fourth-order valence-corrected chi connectivity index (χ4v) is 1.91. The SMILES string of the molecule is CCSc1cc(-c2ccc(F)cc2)[nH]n1. The molecule has 2 aromatic rings. The van der Waals surface area contributed by atoms with E-state index in [1.54, 1.807) is 23.9 Å². The molecule has 1 aromatic heterocycles. The summed E-state index contributed by atoms with van der Waals surface area (Å²) in [5.41, 5.74) is 1.87. The van der Waals surface area contributed by atoms with E-state index in [0.29, 0.717) is 0 Å². The van der Waals surface area contributed by atoms with Gasteiger partial charge in [-0.1, -0.05) is 6.92 Å². The van der Waals surface area contributed by atoms with Gasteiger partial charge in [0.15, 0.2) is 0 Å². The van der Waals surface area contributed by atoms with E-state index in [2.05, 4.69) is 17.1 Å². The number of aromatic nitrogens is 2. The topological polar surface area (TPSA) is 28.7 Å². The molecule has 1 aromatic carbocycles. The number of halogens is 1. The molecule has 0 aliphatic heterocycles. The van der Waals surface area contributed by atoms with Crippen molar-refractivity contribution in [1.82, 2.24) is 10.2 Å². The number of thioether (sulfide) groups is 1. The number of nitrogens with one attached hydrogen (secondary N) is 1. The van der Waals surface area contributed by atoms with E-state index in [4.69, 9.17) is 0 Å². The molecular weight excluding hydrogens is 211 g/mol. The molecular formula is C11H11FN2S. The molecule has 15 heavy (non-hydrogen) atoms. The van der Waals surface area contributed by atoms with Gasteiger partial charge in [-0.2, -0.15) is 5.10 Å². The molecule has 2 rings (SSSR count). The second kappa shape index (κ2) is 4.49. The van der Waals surface area contributed by atoms with Crippen molar-refractivity contribution in [3.05, 3.63) is 36.1 Å². The van der Waals surface area contributed by atoms with E-state index in [-0.39, 0.29) is 5.82 Å². The van der Waals surface area contributed by atoms with Crippen molar-refractivity contribution in [2.75, 3.05) is 5.75 Å². The Hall–Kier alpha value is -1.29. The predicted molar refractivity (Wildman–Crippen MR) is 60.4 cm³/mol. The molecule has 78 valence electrons. The first kappa shape index (κ1) is 10.2. The van der Waals surface area contributed by atoms with Crippen molar-refractivity contribution < 1.29 is 4.39 Å². The molecule has 1 N–H and O–H groups in total. The molecule has 0 bridgehead atoms. The number of benzene rings is 1. The normalized spacial score (nSPS) is 10.5. The average Bonchev–Trinajstić information content (AvgIpc) is 2.68. The number of hydrogen-bond acceptors (Lipinski definition) is 2. The van der Waals surface area contributed by atoms with Gasteiger partial charge in [0.2, 0.25) is 0 Å². The van der Waals surface area contributed by atoms with Crippen LogP contribution in [-0.2, 0) is 0 Å². The van der Waals surface area contributed by atoms with Gasteiger partial charge in [-0.15, -0.1) is 11.8 Å². The molecule has 0 aliphatic rings. The maximum Gasteiger partial charge on any atom is 0.123 e. The van der Waals surface area contributed by atoms with Crippen molar-refractivity contribution in [1.29, 1.82) is 0 Å². The van der Waals surface area contributed by atoms with E-state index in [1.165, 1.54) is 12.1 Å². The molecule has 4 heteroatoms. The highest BCUT2D eigenvalue weighted by Gasteiger charge is 2.03. The molecule has 0 radical (unpaired) electrons. The number of hydrogen-bond donors (Lipinski definition) is 1. The zero-order chi connectivity index (χ0) is 10.7. The minimum Gasteiger partial charge on any atom is -0.277 e. The third-order valence-electron chi connectivity index (χ3n) is 2.00. The van der Waals surface area contributed by atoms with Crippen LogP contribution >= 0.6 is 11.8 Å². The van der Waals surface area contributed by atoms with Crippen LogP contribution in [0.3, 0.4) is 0 Å². The summed E-state index contributed by atoms with van der Waals surface area (Å²) in [6.07, 6.45) is 0. The van der Waals surface area contributed by atoms with E-state index in [1.807, 2.05) is 6.07 Å². The van der Waals surface area contributed by atoms with Crippen molar-refractivity contribution in [2.24, 2.45) is 0 Å². The fraction of sp³-hybridized carbons (Fsp3) is 0.182. The smallest absolute Gasteiger partial charge is 0.123 e. The van der Waals surface area contributed by atoms with Gasteiger partial charge >= 0.3 is 0 Å². The monoisotopic (exact) mass is 222 g/mol. The predicted octanol–water partition coefficient (Wildman–Crippen LogP) is 3.33. The zero-order valence-corrected chi connectivity index (χ0v) is 9.14. The highest BCUT2D eigenvalue weighted by Crippen LogP contribution is 2.22. The third-order valence-corrected chi connectivity index (χ3v) is 2.80. The number of aromatic amines is 1. The molecule has 2 nitrogen and oxygen atoms in total. The molecule has 0 atom stereocenters. The first-order valence-corrected chi connectivity index (χ1v) is 5.72. The van der Waals surface area contributed by atoms with E-state index >= 15 is 0 Å². The summed E-state index contributed by atoms with van der Waals surface area (Å²) in [6.45, 7) is 2.08. The highest BCUT2D eigenvalue weighted by atomic mass is 32.2. The van der Waals surface area contributed by atoms with Crippen LogP contribution in [-0.4, -0.2) is 16.0 Å². The summed E-state index contributed by atoms with van der Waals surface area (Å²) < 4.78 is 12.7. The lowest BCUT2D eigenvalue weighted by atomic mass is 10.1. The number of H-pyrrole nitrogens is 1. The van der Waals surface area contributed by atoms with Crippen molar-refractivity contribution in [3.63, 3.8) is 0 Å². The van der Waals surface area contributed by atoms with Crippen LogP contribution < -0.4 is 0 Å². The average molecular weight is 222 g/mol. The summed E-state index contributed by atoms with van der Waals surface area (Å²) in [7, 11) is 0. The van der Waals surface area contributed by atoms with E-state index in [0.717, 1.165) is 22.0 Å². The fourth-order valence-electron chi connectivity index (χ4n) is 1.30. The minimum absolute atomic E-state index is 0.221. The second-order valence-corrected chi connectivity index (χ2v) is 4.34. The quantitative estimate of drug-likeness (QED) is 0.807. The third kappa shape index (κ3) is 2.39. The first-order chi connectivity index (χ1) is 7.29. The maximum absolute atomic E-state index is 12.7. The maximum atomic E-state index is 12.7. The Morgan fingerprint density at radius 1 is 1.33 bits per heavy atom. The lowest BCUT2D eigenvalue weighted by Crippen LogP contribution is -1.78. The Morgan fingerprint density at radius 2 is 2.07 bits per heavy atom. The van der Waals surface area contributed by atoms with Gasteiger partial charge in [0.1, 0.15) is 10.8 Å². The first-order valence-electron chi connectivity index (χ1n) is 4.73. The van der Waals surface area contributed by atoms with Crippen LogP contribution in [0, 0.1) is 5.82 Å². The Balaban J connectivity index is 2.25. The Kier molecular flexibility index (Phi) is 3.06. The summed E-state index contributed by atoms with van der Waals surface area (Å²) in [5, 5.41) is 8.05. The number of nitrogens with zero attached hydrogens (tertiary/aromatic N) is 1. The molecule has 0 aliphatic carbocycles. The van der Waals surface area contributed by atoms with E-state index in [9.17, 15) is 4.39 Å². The van der Waals surface area contributed by atoms with Gasteiger partial charge in [-0.25, -0.2) is 4.39 Å². The minimum atomic E-state index is -0.221. The van der Waals surface area contributed by atoms with Crippen LogP contribution in [0.5, 0.6) is 0 Å². The van der Waals surface area contributed by atoms with Crippen LogP contribution in [0.15, 0.2) is 35.4 Å². The van der Waals surface area contributed by atoms with Gasteiger partial charge in [0, 0.05) is 0 Å². The van der Waals surface area contributed by atoms with Crippen LogP contribution in [0.2, 0.25) is 0 Å². The standard InChI is InChI=1S/C11H11FN2S/c1-2-15-11-7-10(13-14-11)8-3-5-9(12)6-4-8/h3-7H,2H2,1H3,(H,13,14). The van der Waals surface area contributed by atoms with Gasteiger partial charge in [0.25, 0.3) is 0 Å². The summed E-state index contributed by atoms with van der Waals surface area (Å²) in [5.74, 6) is 0.773. The van der Waals surface area contributed by atoms with Crippen LogP contribution in [0.1, 0.15) is 6.92 Å². The molecule has 0 fully saturated rings. The Morgan fingerprint density at radius 3 is 2.73 bits per heavy atom. The van der Waals surface area contributed by atoms with Crippen molar-refractivity contribution >= 4 is 11.8 Å². The highest BCUT2D eigenvalue weighted by molar-refractivity contribution is 7.99. The summed E-state index contributed by atoms with van der Waals surface area (Å²) in [4.78, 5) is 0. The molecule has 0 amide bonds. The van der Waals surface area contributed by atoms with Crippen LogP contribution in [0.4, 0.5) is 4.39 Å². The molecule has 0 unspecified atom stereocenters. The van der Waals surface area contributed by atoms with Gasteiger partial charge in [-0.3, -0.25) is 5.10 Å². The lowest BCUT2D eigenvalue weighted by molar-refractivity contribution is 0.628. The summed E-state index contributed by atoms with van der Waals surface area (Å²) >= 11 is 1.68.